The summed E-state index contributed by atoms with van der Waals surface area (Å²) in [5, 5.41) is 8.64. The van der Waals surface area contributed by atoms with E-state index >= 15 is 0 Å². The number of imidazole rings is 1. The molecule has 132 valence electrons. The van der Waals surface area contributed by atoms with E-state index in [1.807, 2.05) is 49.4 Å². The van der Waals surface area contributed by atoms with Crippen molar-refractivity contribution in [3.05, 3.63) is 47.0 Å². The quantitative estimate of drug-likeness (QED) is 0.778. The van der Waals surface area contributed by atoms with E-state index in [2.05, 4.69) is 15.0 Å². The normalized spacial score (nSPS) is 21.1. The number of aryl methyl sites for hydroxylation is 2. The molecule has 25 heavy (non-hydrogen) atoms. The van der Waals surface area contributed by atoms with Crippen LogP contribution in [0.1, 0.15) is 30.3 Å². The van der Waals surface area contributed by atoms with Gasteiger partial charge in [0.15, 0.2) is 0 Å². The van der Waals surface area contributed by atoms with Crippen molar-refractivity contribution in [2.45, 2.75) is 31.5 Å². The lowest BCUT2D eigenvalue weighted by Gasteiger charge is -2.31. The van der Waals surface area contributed by atoms with Crippen LogP contribution < -0.4 is 5.32 Å². The number of ether oxygens (including phenoxy) is 1. The van der Waals surface area contributed by atoms with Crippen molar-refractivity contribution in [1.29, 1.82) is 0 Å². The molecule has 0 radical (unpaired) electrons. The van der Waals surface area contributed by atoms with Crippen molar-refractivity contribution in [3.8, 4) is 0 Å². The molecule has 0 bridgehead atoms. The highest BCUT2D eigenvalue weighted by molar-refractivity contribution is 6.31. The van der Waals surface area contributed by atoms with Gasteiger partial charge in [0, 0.05) is 43.5 Å². The summed E-state index contributed by atoms with van der Waals surface area (Å²) in [6, 6.07) is 6.04. The number of benzene rings is 1. The van der Waals surface area contributed by atoms with E-state index in [1.54, 1.807) is 0 Å². The highest BCUT2D eigenvalue weighted by Gasteiger charge is 2.28. The number of aromatic nitrogens is 4. The zero-order chi connectivity index (χ0) is 17.4. The largest absolute Gasteiger partial charge is 0.372 e. The fourth-order valence-corrected chi connectivity index (χ4v) is 3.67. The summed E-state index contributed by atoms with van der Waals surface area (Å²) in [5.74, 6) is 0.993. The van der Waals surface area contributed by atoms with E-state index in [-0.39, 0.29) is 12.1 Å². The Bertz CT molecular complexity index is 887. The van der Waals surface area contributed by atoms with Crippen LogP contribution in [0.4, 0.5) is 0 Å². The van der Waals surface area contributed by atoms with Crippen LogP contribution in [0.5, 0.6) is 0 Å². The van der Waals surface area contributed by atoms with Gasteiger partial charge in [0.05, 0.1) is 23.8 Å². The lowest BCUT2D eigenvalue weighted by molar-refractivity contribution is -0.0114. The smallest absolute Gasteiger partial charge is 0.123 e. The summed E-state index contributed by atoms with van der Waals surface area (Å²) in [6.07, 6.45) is 6.09. The maximum absolute atomic E-state index is 6.11. The molecule has 1 aliphatic rings. The Labute approximate surface area is 151 Å². The van der Waals surface area contributed by atoms with Gasteiger partial charge in [-0.1, -0.05) is 11.6 Å². The van der Waals surface area contributed by atoms with Gasteiger partial charge in [0.25, 0.3) is 0 Å². The minimum atomic E-state index is 0.0339. The average Bonchev–Trinajstić information content (AvgIpc) is 3.17. The van der Waals surface area contributed by atoms with E-state index in [9.17, 15) is 0 Å². The summed E-state index contributed by atoms with van der Waals surface area (Å²) in [4.78, 5) is 4.72. The summed E-state index contributed by atoms with van der Waals surface area (Å²) >= 11 is 6.11. The summed E-state index contributed by atoms with van der Waals surface area (Å²) in [5.41, 5.74) is 3.14. The van der Waals surface area contributed by atoms with Crippen LogP contribution in [0.2, 0.25) is 5.02 Å². The van der Waals surface area contributed by atoms with Crippen molar-refractivity contribution in [3.63, 3.8) is 0 Å². The predicted octanol–water partition coefficient (Wildman–Crippen LogP) is 2.97. The minimum absolute atomic E-state index is 0.0339. The van der Waals surface area contributed by atoms with Crippen LogP contribution in [-0.2, 0) is 25.4 Å². The Kier molecular flexibility index (Phi) is 4.50. The number of hydrogen-bond donors (Lipinski definition) is 1. The molecule has 3 aromatic rings. The van der Waals surface area contributed by atoms with Gasteiger partial charge in [-0.3, -0.25) is 4.68 Å². The Morgan fingerprint density at radius 3 is 3.04 bits per heavy atom. The van der Waals surface area contributed by atoms with E-state index in [4.69, 9.17) is 21.3 Å². The first-order valence-corrected chi connectivity index (χ1v) is 8.94. The van der Waals surface area contributed by atoms with E-state index in [0.717, 1.165) is 46.9 Å². The first kappa shape index (κ1) is 16.6. The number of hydrogen-bond acceptors (Lipinski definition) is 4. The van der Waals surface area contributed by atoms with E-state index in [0.29, 0.717) is 6.54 Å². The first-order valence-electron chi connectivity index (χ1n) is 8.56. The van der Waals surface area contributed by atoms with Crippen molar-refractivity contribution >= 4 is 22.6 Å². The molecule has 2 aromatic heterocycles. The molecule has 3 heterocycles. The number of nitrogens with zero attached hydrogens (tertiary/aromatic N) is 4. The molecule has 7 heteroatoms. The molecule has 1 aliphatic heterocycles. The van der Waals surface area contributed by atoms with Gasteiger partial charge >= 0.3 is 0 Å². The third kappa shape index (κ3) is 3.29. The second kappa shape index (κ2) is 6.78. The van der Waals surface area contributed by atoms with Gasteiger partial charge in [-0.2, -0.15) is 5.10 Å². The van der Waals surface area contributed by atoms with Gasteiger partial charge in [-0.15, -0.1) is 0 Å². The summed E-state index contributed by atoms with van der Waals surface area (Å²) < 4.78 is 9.94. The van der Waals surface area contributed by atoms with Gasteiger partial charge in [0.1, 0.15) is 11.9 Å². The zero-order valence-corrected chi connectivity index (χ0v) is 15.2. The highest BCUT2D eigenvalue weighted by Crippen LogP contribution is 2.28. The van der Waals surface area contributed by atoms with E-state index < -0.39 is 0 Å². The lowest BCUT2D eigenvalue weighted by atomic mass is 9.98. The van der Waals surface area contributed by atoms with Crippen molar-refractivity contribution in [1.82, 2.24) is 24.6 Å². The Balaban J connectivity index is 1.52. The number of fused-ring (bicyclic) bond motifs is 1. The van der Waals surface area contributed by atoms with Gasteiger partial charge in [-0.05, 0) is 31.0 Å². The van der Waals surface area contributed by atoms with Gasteiger partial charge < -0.3 is 14.6 Å². The van der Waals surface area contributed by atoms with Crippen LogP contribution in [0.3, 0.4) is 0 Å². The van der Waals surface area contributed by atoms with Crippen LogP contribution in [-0.4, -0.2) is 32.0 Å². The van der Waals surface area contributed by atoms with Gasteiger partial charge in [0.2, 0.25) is 0 Å². The lowest BCUT2D eigenvalue weighted by Crippen LogP contribution is -2.39. The fraction of sp³-hybridized carbons (Fsp3) is 0.444. The maximum Gasteiger partial charge on any atom is 0.123 e. The Morgan fingerprint density at radius 2 is 2.24 bits per heavy atom. The molecule has 0 saturated carbocycles. The summed E-state index contributed by atoms with van der Waals surface area (Å²) in [7, 11) is 3.96. The third-order valence-corrected chi connectivity index (χ3v) is 5.07. The molecule has 1 fully saturated rings. The third-order valence-electron chi connectivity index (χ3n) is 4.83. The second-order valence-electron chi connectivity index (χ2n) is 6.59. The van der Waals surface area contributed by atoms with Gasteiger partial charge in [-0.25, -0.2) is 4.98 Å². The maximum atomic E-state index is 6.11. The second-order valence-corrected chi connectivity index (χ2v) is 7.02. The molecule has 6 nitrogen and oxygen atoms in total. The molecule has 0 unspecified atom stereocenters. The minimum Gasteiger partial charge on any atom is -0.372 e. The topological polar surface area (TPSA) is 56.9 Å². The number of halogens is 1. The fourth-order valence-electron chi connectivity index (χ4n) is 3.50. The standard InChI is InChI=1S/C18H22ClN5O/c1-23-11-12(9-21-23)18-15(4-3-7-25-18)20-10-17-22-14-6-5-13(19)8-16(14)24(17)2/h5-6,8-9,11,15,18,20H,3-4,7,10H2,1-2H3/t15-,18+/m0/s1. The molecular formula is C18H22ClN5O. The predicted molar refractivity (Wildman–Crippen MR) is 97.5 cm³/mol. The zero-order valence-electron chi connectivity index (χ0n) is 14.4. The van der Waals surface area contributed by atoms with Crippen molar-refractivity contribution in [2.75, 3.05) is 6.61 Å². The first-order chi connectivity index (χ1) is 12.1. The highest BCUT2D eigenvalue weighted by atomic mass is 35.5. The molecule has 0 aliphatic carbocycles. The molecule has 2 atom stereocenters. The average molecular weight is 360 g/mol. The monoisotopic (exact) mass is 359 g/mol. The molecule has 1 N–H and O–H groups in total. The summed E-state index contributed by atoms with van der Waals surface area (Å²) in [6.45, 7) is 1.48. The van der Waals surface area contributed by atoms with Crippen LogP contribution in [0.15, 0.2) is 30.6 Å². The molecular weight excluding hydrogens is 338 g/mol. The van der Waals surface area contributed by atoms with Crippen molar-refractivity contribution < 1.29 is 4.74 Å². The van der Waals surface area contributed by atoms with Crippen LogP contribution >= 0.6 is 11.6 Å². The Morgan fingerprint density at radius 1 is 1.36 bits per heavy atom. The van der Waals surface area contributed by atoms with Crippen molar-refractivity contribution in [2.24, 2.45) is 14.1 Å². The molecule has 0 spiro atoms. The molecule has 1 saturated heterocycles. The molecule has 1 aromatic carbocycles. The van der Waals surface area contributed by atoms with E-state index in [1.165, 1.54) is 0 Å². The van der Waals surface area contributed by atoms with Crippen LogP contribution in [0, 0.1) is 0 Å². The number of rotatable bonds is 4. The Hall–Kier alpha value is -1.89. The van der Waals surface area contributed by atoms with Crippen LogP contribution in [0.25, 0.3) is 11.0 Å². The number of nitrogens with one attached hydrogen (secondary N) is 1. The SMILES string of the molecule is Cn1cc([C@H]2OCCC[C@@H]2NCc2nc3ccc(Cl)cc3n2C)cn1. The molecule has 0 amide bonds. The molecule has 4 rings (SSSR count).